The van der Waals surface area contributed by atoms with Crippen LogP contribution in [0.5, 0.6) is 0 Å². The molecule has 17 heavy (non-hydrogen) atoms. The third-order valence-electron chi connectivity index (χ3n) is 2.32. The van der Waals surface area contributed by atoms with Crippen molar-refractivity contribution in [3.8, 4) is 11.1 Å². The van der Waals surface area contributed by atoms with Crippen LogP contribution in [0.4, 0.5) is 4.39 Å². The van der Waals surface area contributed by atoms with Gasteiger partial charge in [-0.1, -0.05) is 12.1 Å². The fourth-order valence-corrected chi connectivity index (χ4v) is 1.69. The number of rotatable bonds is 2. The first-order valence-corrected chi connectivity index (χ1v) is 5.63. The standard InChI is InChI=1S/C12H9BrFN3/c13-11-4-2-8(6-17-11)7-1-3-9(12(15)16)10(14)5-7/h1-6H,(H3,15,16). The third-order valence-corrected chi connectivity index (χ3v) is 2.79. The first kappa shape index (κ1) is 11.7. The largest absolute Gasteiger partial charge is 0.384 e. The zero-order chi connectivity index (χ0) is 12.4. The monoisotopic (exact) mass is 293 g/mol. The van der Waals surface area contributed by atoms with Crippen molar-refractivity contribution in [3.63, 3.8) is 0 Å². The van der Waals surface area contributed by atoms with Crippen molar-refractivity contribution in [1.29, 1.82) is 5.41 Å². The molecule has 0 atom stereocenters. The lowest BCUT2D eigenvalue weighted by Gasteiger charge is -2.05. The molecule has 0 saturated heterocycles. The van der Waals surface area contributed by atoms with Crippen molar-refractivity contribution in [3.05, 3.63) is 52.5 Å². The van der Waals surface area contributed by atoms with Crippen LogP contribution in [-0.4, -0.2) is 10.8 Å². The van der Waals surface area contributed by atoms with E-state index in [1.807, 2.05) is 6.07 Å². The second-order valence-electron chi connectivity index (χ2n) is 3.48. The number of hydrogen-bond acceptors (Lipinski definition) is 2. The minimum absolute atomic E-state index is 0.110. The van der Waals surface area contributed by atoms with Gasteiger partial charge < -0.3 is 5.73 Å². The van der Waals surface area contributed by atoms with Crippen LogP contribution in [0.15, 0.2) is 41.1 Å². The van der Waals surface area contributed by atoms with E-state index in [1.165, 1.54) is 12.1 Å². The highest BCUT2D eigenvalue weighted by Gasteiger charge is 2.07. The maximum atomic E-state index is 13.6. The van der Waals surface area contributed by atoms with Crippen LogP contribution in [0.25, 0.3) is 11.1 Å². The number of hydrogen-bond donors (Lipinski definition) is 2. The molecule has 0 aliphatic rings. The maximum Gasteiger partial charge on any atom is 0.134 e. The smallest absolute Gasteiger partial charge is 0.134 e. The van der Waals surface area contributed by atoms with Crippen molar-refractivity contribution >= 4 is 21.8 Å². The number of halogens is 2. The molecular formula is C12H9BrFN3. The van der Waals surface area contributed by atoms with Gasteiger partial charge in [0.05, 0.1) is 5.56 Å². The van der Waals surface area contributed by atoms with Crippen molar-refractivity contribution in [1.82, 2.24) is 4.98 Å². The Kier molecular flexibility index (Phi) is 3.19. The number of nitrogens with one attached hydrogen (secondary N) is 1. The third kappa shape index (κ3) is 2.50. The fraction of sp³-hybridized carbons (Fsp3) is 0. The lowest BCUT2D eigenvalue weighted by molar-refractivity contribution is 0.625. The van der Waals surface area contributed by atoms with Crippen molar-refractivity contribution in [2.75, 3.05) is 0 Å². The normalized spacial score (nSPS) is 10.2. The molecule has 1 heterocycles. The van der Waals surface area contributed by atoms with E-state index in [2.05, 4.69) is 20.9 Å². The summed E-state index contributed by atoms with van der Waals surface area (Å²) >= 11 is 3.23. The molecule has 3 nitrogen and oxygen atoms in total. The Bertz CT molecular complexity index is 566. The SMILES string of the molecule is N=C(N)c1ccc(-c2ccc(Br)nc2)cc1F. The highest BCUT2D eigenvalue weighted by atomic mass is 79.9. The maximum absolute atomic E-state index is 13.6. The summed E-state index contributed by atoms with van der Waals surface area (Å²) in [5, 5.41) is 7.20. The molecule has 2 rings (SSSR count). The molecular weight excluding hydrogens is 285 g/mol. The topological polar surface area (TPSA) is 62.8 Å². The number of nitrogens with zero attached hydrogens (tertiary/aromatic N) is 1. The lowest BCUT2D eigenvalue weighted by Crippen LogP contribution is -2.13. The molecule has 0 bridgehead atoms. The molecule has 3 N–H and O–H groups in total. The zero-order valence-corrected chi connectivity index (χ0v) is 10.3. The molecule has 2 aromatic rings. The predicted molar refractivity (Wildman–Crippen MR) is 68.3 cm³/mol. The lowest BCUT2D eigenvalue weighted by atomic mass is 10.0. The fourth-order valence-electron chi connectivity index (χ4n) is 1.46. The molecule has 0 amide bonds. The van der Waals surface area contributed by atoms with Crippen LogP contribution in [0, 0.1) is 11.2 Å². The van der Waals surface area contributed by atoms with E-state index in [9.17, 15) is 4.39 Å². The van der Waals surface area contributed by atoms with Gasteiger partial charge in [-0.3, -0.25) is 5.41 Å². The number of pyridine rings is 1. The average Bonchev–Trinajstić information content (AvgIpc) is 2.29. The van der Waals surface area contributed by atoms with Gasteiger partial charge >= 0.3 is 0 Å². The average molecular weight is 294 g/mol. The summed E-state index contributed by atoms with van der Waals surface area (Å²) < 4.78 is 14.3. The number of amidine groups is 1. The quantitative estimate of drug-likeness (QED) is 0.508. The van der Waals surface area contributed by atoms with Crippen LogP contribution in [-0.2, 0) is 0 Å². The molecule has 1 aromatic heterocycles. The van der Waals surface area contributed by atoms with Crippen molar-refractivity contribution in [2.45, 2.75) is 0 Å². The van der Waals surface area contributed by atoms with Gasteiger partial charge in [-0.2, -0.15) is 0 Å². The number of nitrogens with two attached hydrogens (primary N) is 1. The van der Waals surface area contributed by atoms with E-state index in [0.29, 0.717) is 5.56 Å². The second kappa shape index (κ2) is 4.63. The van der Waals surface area contributed by atoms with Gasteiger partial charge in [-0.25, -0.2) is 9.37 Å². The second-order valence-corrected chi connectivity index (χ2v) is 4.29. The Labute approximate surface area is 106 Å². The van der Waals surface area contributed by atoms with Gasteiger partial charge in [0.25, 0.3) is 0 Å². The minimum Gasteiger partial charge on any atom is -0.384 e. The molecule has 0 aliphatic carbocycles. The summed E-state index contributed by atoms with van der Waals surface area (Å²) in [6, 6.07) is 8.17. The molecule has 0 radical (unpaired) electrons. The Morgan fingerprint density at radius 1 is 1.24 bits per heavy atom. The summed E-state index contributed by atoms with van der Waals surface area (Å²) in [4.78, 5) is 4.07. The number of benzene rings is 1. The van der Waals surface area contributed by atoms with Crippen molar-refractivity contribution in [2.24, 2.45) is 5.73 Å². The van der Waals surface area contributed by atoms with Gasteiger partial charge in [-0.05, 0) is 39.7 Å². The molecule has 0 spiro atoms. The Hall–Kier alpha value is -1.75. The molecule has 5 heteroatoms. The van der Waals surface area contributed by atoms with Gasteiger partial charge in [0, 0.05) is 11.8 Å². The molecule has 0 aliphatic heterocycles. The van der Waals surface area contributed by atoms with E-state index in [-0.39, 0.29) is 11.4 Å². The Balaban J connectivity index is 2.44. The zero-order valence-electron chi connectivity index (χ0n) is 8.74. The van der Waals surface area contributed by atoms with E-state index in [4.69, 9.17) is 11.1 Å². The van der Waals surface area contributed by atoms with Crippen LogP contribution < -0.4 is 5.73 Å². The highest BCUT2D eigenvalue weighted by Crippen LogP contribution is 2.22. The van der Waals surface area contributed by atoms with E-state index >= 15 is 0 Å². The molecule has 0 unspecified atom stereocenters. The summed E-state index contributed by atoms with van der Waals surface area (Å²) in [6.07, 6.45) is 1.65. The van der Waals surface area contributed by atoms with Gasteiger partial charge in [0.2, 0.25) is 0 Å². The highest BCUT2D eigenvalue weighted by molar-refractivity contribution is 9.10. The van der Waals surface area contributed by atoms with Crippen molar-refractivity contribution < 1.29 is 4.39 Å². The summed E-state index contributed by atoms with van der Waals surface area (Å²) in [5.41, 5.74) is 6.87. The minimum atomic E-state index is -0.502. The van der Waals surface area contributed by atoms with Crippen LogP contribution in [0.1, 0.15) is 5.56 Å². The summed E-state index contributed by atoms with van der Waals surface area (Å²) in [7, 11) is 0. The first-order valence-electron chi connectivity index (χ1n) is 4.84. The summed E-state index contributed by atoms with van der Waals surface area (Å²) in [5.74, 6) is -0.777. The van der Waals surface area contributed by atoms with Crippen LogP contribution in [0.3, 0.4) is 0 Å². The van der Waals surface area contributed by atoms with Crippen LogP contribution in [0.2, 0.25) is 0 Å². The van der Waals surface area contributed by atoms with Gasteiger partial charge in [-0.15, -0.1) is 0 Å². The van der Waals surface area contributed by atoms with Gasteiger partial charge in [0.1, 0.15) is 16.3 Å². The number of nitrogen functional groups attached to an aromatic ring is 1. The van der Waals surface area contributed by atoms with Crippen LogP contribution >= 0.6 is 15.9 Å². The Morgan fingerprint density at radius 3 is 2.47 bits per heavy atom. The Morgan fingerprint density at radius 2 is 1.94 bits per heavy atom. The first-order chi connectivity index (χ1) is 8.08. The molecule has 86 valence electrons. The molecule has 0 fully saturated rings. The molecule has 1 aromatic carbocycles. The van der Waals surface area contributed by atoms with Gasteiger partial charge in [0.15, 0.2) is 0 Å². The van der Waals surface area contributed by atoms with E-state index in [1.54, 1.807) is 18.3 Å². The van der Waals surface area contributed by atoms with E-state index < -0.39 is 5.82 Å². The summed E-state index contributed by atoms with van der Waals surface area (Å²) in [6.45, 7) is 0. The van der Waals surface area contributed by atoms with E-state index in [0.717, 1.165) is 10.2 Å². The molecule has 0 saturated carbocycles. The number of aromatic nitrogens is 1. The predicted octanol–water partition coefficient (Wildman–Crippen LogP) is 2.93.